The van der Waals surface area contributed by atoms with Gasteiger partial charge in [0.15, 0.2) is 0 Å². The van der Waals surface area contributed by atoms with Gasteiger partial charge in [-0.05, 0) is 37.9 Å². The molecule has 0 aliphatic carbocycles. The van der Waals surface area contributed by atoms with Crippen LogP contribution in [0.4, 0.5) is 0 Å². The maximum atomic E-state index is 4.00. The molecule has 0 aromatic carbocycles. The van der Waals surface area contributed by atoms with Crippen LogP contribution in [-0.4, -0.2) is 9.78 Å². The topological polar surface area (TPSA) is 17.8 Å². The Morgan fingerprint density at radius 2 is 2.40 bits per heavy atom. The third-order valence-corrected chi connectivity index (χ3v) is 1.46. The number of aromatic nitrogens is 2. The second-order valence-corrected chi connectivity index (χ2v) is 4.65. The Balaban J connectivity index is 2.86. The highest BCUT2D eigenvalue weighted by Gasteiger charge is 1.90. The molecule has 0 aliphatic rings. The quantitative estimate of drug-likeness (QED) is 0.763. The van der Waals surface area contributed by atoms with Gasteiger partial charge in [-0.1, -0.05) is 0 Å². The zero-order valence-corrected chi connectivity index (χ0v) is 8.55. The summed E-state index contributed by atoms with van der Waals surface area (Å²) < 4.78 is 2.68. The van der Waals surface area contributed by atoms with E-state index >= 15 is 0 Å². The molecule has 0 saturated heterocycles. The van der Waals surface area contributed by atoms with Crippen molar-refractivity contribution < 1.29 is 0 Å². The summed E-state index contributed by atoms with van der Waals surface area (Å²) in [5.74, 6) is 0. The van der Waals surface area contributed by atoms with Crippen LogP contribution in [0.1, 0.15) is 5.56 Å². The van der Waals surface area contributed by atoms with Gasteiger partial charge in [-0.2, -0.15) is 5.10 Å². The van der Waals surface area contributed by atoms with Crippen molar-refractivity contribution in [3.8, 4) is 0 Å². The average molecular weight is 266 g/mol. The first kappa shape index (κ1) is 8.01. The van der Waals surface area contributed by atoms with Crippen molar-refractivity contribution in [3.63, 3.8) is 0 Å². The number of halogens is 2. The van der Waals surface area contributed by atoms with Gasteiger partial charge >= 0.3 is 0 Å². The van der Waals surface area contributed by atoms with E-state index in [1.165, 1.54) is 0 Å². The molecule has 0 bridgehead atoms. The Hall–Kier alpha value is -0.0900. The summed E-state index contributed by atoms with van der Waals surface area (Å²) in [7, 11) is 1.89. The van der Waals surface area contributed by atoms with Crippen molar-refractivity contribution in [1.29, 1.82) is 0 Å². The maximum Gasteiger partial charge on any atom is 0.0611 e. The molecule has 1 heterocycles. The molecular formula is C6H6Br2N2. The molecule has 2 nitrogen and oxygen atoms in total. The highest BCUT2D eigenvalue weighted by atomic mass is 79.9. The van der Waals surface area contributed by atoms with Crippen LogP contribution in [0.15, 0.2) is 15.8 Å². The van der Waals surface area contributed by atoms with Crippen molar-refractivity contribution in [2.75, 3.05) is 0 Å². The monoisotopic (exact) mass is 264 g/mol. The third-order valence-electron chi connectivity index (χ3n) is 1.00. The van der Waals surface area contributed by atoms with E-state index < -0.39 is 0 Å². The van der Waals surface area contributed by atoms with Gasteiger partial charge in [-0.25, -0.2) is 0 Å². The van der Waals surface area contributed by atoms with E-state index in [0.29, 0.717) is 0 Å². The maximum absolute atomic E-state index is 4.00. The second-order valence-electron chi connectivity index (χ2n) is 1.88. The average Bonchev–Trinajstić information content (AvgIpc) is 2.13. The van der Waals surface area contributed by atoms with Crippen LogP contribution in [0.3, 0.4) is 0 Å². The number of rotatable bonds is 1. The first-order chi connectivity index (χ1) is 4.68. The van der Waals surface area contributed by atoms with Gasteiger partial charge in [0, 0.05) is 18.8 Å². The minimum Gasteiger partial charge on any atom is -0.275 e. The zero-order valence-electron chi connectivity index (χ0n) is 5.38. The lowest BCUT2D eigenvalue weighted by molar-refractivity contribution is 0.767. The SMILES string of the molecule is Cn1cc(C=C(Br)Br)cn1. The van der Waals surface area contributed by atoms with Crippen LogP contribution < -0.4 is 0 Å². The fourth-order valence-corrected chi connectivity index (χ4v) is 1.17. The fourth-order valence-electron chi connectivity index (χ4n) is 0.641. The summed E-state index contributed by atoms with van der Waals surface area (Å²) in [4.78, 5) is 0. The molecule has 54 valence electrons. The smallest absolute Gasteiger partial charge is 0.0611 e. The second kappa shape index (κ2) is 3.34. The predicted octanol–water partition coefficient (Wildman–Crippen LogP) is 2.51. The molecule has 4 heteroatoms. The molecule has 0 unspecified atom stereocenters. The van der Waals surface area contributed by atoms with Crippen LogP contribution in [0.25, 0.3) is 6.08 Å². The molecule has 10 heavy (non-hydrogen) atoms. The van der Waals surface area contributed by atoms with Gasteiger partial charge in [0.2, 0.25) is 0 Å². The minimum atomic E-state index is 0.924. The lowest BCUT2D eigenvalue weighted by Crippen LogP contribution is -1.83. The van der Waals surface area contributed by atoms with Crippen LogP contribution in [0, 0.1) is 0 Å². The Labute approximate surface area is 76.2 Å². The summed E-state index contributed by atoms with van der Waals surface area (Å²) >= 11 is 6.52. The number of aryl methyl sites for hydroxylation is 1. The summed E-state index contributed by atoms with van der Waals surface area (Å²) in [5.41, 5.74) is 1.08. The van der Waals surface area contributed by atoms with E-state index in [1.54, 1.807) is 10.9 Å². The molecule has 1 rings (SSSR count). The van der Waals surface area contributed by atoms with Crippen molar-refractivity contribution in [2.24, 2.45) is 7.05 Å². The van der Waals surface area contributed by atoms with E-state index in [-0.39, 0.29) is 0 Å². The molecule has 1 aromatic heterocycles. The van der Waals surface area contributed by atoms with E-state index in [2.05, 4.69) is 37.0 Å². The lowest BCUT2D eigenvalue weighted by atomic mass is 10.4. The molecular weight excluding hydrogens is 260 g/mol. The van der Waals surface area contributed by atoms with Crippen molar-refractivity contribution in [2.45, 2.75) is 0 Å². The number of nitrogens with zero attached hydrogens (tertiary/aromatic N) is 2. The van der Waals surface area contributed by atoms with Crippen molar-refractivity contribution in [3.05, 3.63) is 21.3 Å². The van der Waals surface area contributed by atoms with Gasteiger partial charge in [0.25, 0.3) is 0 Å². The Morgan fingerprint density at radius 3 is 2.80 bits per heavy atom. The largest absolute Gasteiger partial charge is 0.275 e. The molecule has 0 atom stereocenters. The molecule has 0 saturated carbocycles. The first-order valence-electron chi connectivity index (χ1n) is 2.70. The predicted molar refractivity (Wildman–Crippen MR) is 49.0 cm³/mol. The molecule has 0 amide bonds. The minimum absolute atomic E-state index is 0.924. The molecule has 0 spiro atoms. The van der Waals surface area contributed by atoms with Gasteiger partial charge in [0.1, 0.15) is 0 Å². The molecule has 0 fully saturated rings. The zero-order chi connectivity index (χ0) is 7.56. The van der Waals surface area contributed by atoms with Crippen molar-refractivity contribution >= 4 is 37.9 Å². The normalized spacial score (nSPS) is 9.50. The molecule has 0 radical (unpaired) electrons. The number of hydrogen-bond donors (Lipinski definition) is 0. The van der Waals surface area contributed by atoms with Crippen LogP contribution in [0.5, 0.6) is 0 Å². The molecule has 0 N–H and O–H groups in total. The molecule has 1 aromatic rings. The Bertz CT molecular complexity index is 248. The van der Waals surface area contributed by atoms with E-state index in [4.69, 9.17) is 0 Å². The van der Waals surface area contributed by atoms with Gasteiger partial charge in [0.05, 0.1) is 9.59 Å². The Morgan fingerprint density at radius 1 is 1.70 bits per heavy atom. The third kappa shape index (κ3) is 2.27. The van der Waals surface area contributed by atoms with E-state index in [9.17, 15) is 0 Å². The van der Waals surface area contributed by atoms with Crippen LogP contribution >= 0.6 is 31.9 Å². The van der Waals surface area contributed by atoms with Gasteiger partial charge in [-0.15, -0.1) is 0 Å². The highest BCUT2D eigenvalue weighted by molar-refractivity contribution is 9.28. The van der Waals surface area contributed by atoms with Crippen LogP contribution in [0.2, 0.25) is 0 Å². The highest BCUT2D eigenvalue weighted by Crippen LogP contribution is 2.16. The summed E-state index contributed by atoms with van der Waals surface area (Å²) in [5, 5.41) is 4.00. The fraction of sp³-hybridized carbons (Fsp3) is 0.167. The van der Waals surface area contributed by atoms with Gasteiger partial charge in [-0.3, -0.25) is 4.68 Å². The lowest BCUT2D eigenvalue weighted by Gasteiger charge is -1.82. The van der Waals surface area contributed by atoms with Crippen molar-refractivity contribution in [1.82, 2.24) is 9.78 Å². The van der Waals surface area contributed by atoms with Crippen LogP contribution in [-0.2, 0) is 7.05 Å². The van der Waals surface area contributed by atoms with Gasteiger partial charge < -0.3 is 0 Å². The summed E-state index contributed by atoms with van der Waals surface area (Å²) in [6.45, 7) is 0. The molecule has 0 aliphatic heterocycles. The Kier molecular flexibility index (Phi) is 2.68. The summed E-state index contributed by atoms with van der Waals surface area (Å²) in [6, 6.07) is 0. The number of hydrogen-bond acceptors (Lipinski definition) is 1. The standard InChI is InChI=1S/C6H6Br2N2/c1-10-4-5(3-9-10)2-6(7)8/h2-4H,1H3. The first-order valence-corrected chi connectivity index (χ1v) is 4.28. The summed E-state index contributed by atoms with van der Waals surface area (Å²) in [6.07, 6.45) is 5.66. The van der Waals surface area contributed by atoms with E-state index in [1.807, 2.05) is 19.3 Å². The van der Waals surface area contributed by atoms with E-state index in [0.717, 1.165) is 8.96 Å².